The number of hydroxylamine groups is 2. The number of rotatable bonds is 3. The van der Waals surface area contributed by atoms with Gasteiger partial charge in [0.15, 0.2) is 0 Å². The minimum absolute atomic E-state index is 0.0762. The molecule has 0 spiro atoms. The van der Waals surface area contributed by atoms with Crippen molar-refractivity contribution in [2.45, 2.75) is 13.3 Å². The summed E-state index contributed by atoms with van der Waals surface area (Å²) >= 11 is 0. The van der Waals surface area contributed by atoms with E-state index in [-0.39, 0.29) is 21.9 Å². The third kappa shape index (κ3) is 2.25. The van der Waals surface area contributed by atoms with Crippen LogP contribution in [0.25, 0.3) is 0 Å². The van der Waals surface area contributed by atoms with E-state index in [1.54, 1.807) is 12.1 Å². The molecule has 0 N–H and O–H groups in total. The molecule has 1 aliphatic rings. The van der Waals surface area contributed by atoms with E-state index in [9.17, 15) is 23.2 Å². The maximum Gasteiger partial charge on any atom is 0.367 e. The second kappa shape index (κ2) is 5.52. The van der Waals surface area contributed by atoms with Crippen LogP contribution in [-0.2, 0) is 11.9 Å². The van der Waals surface area contributed by atoms with E-state index < -0.39 is 35.5 Å². The molecule has 2 heterocycles. The van der Waals surface area contributed by atoms with Gasteiger partial charge in [-0.1, -0.05) is 17.2 Å². The molecule has 0 radical (unpaired) electrons. The molecule has 124 valence electrons. The van der Waals surface area contributed by atoms with E-state index in [1.807, 2.05) is 0 Å². The number of imide groups is 1. The topological polar surface area (TPSA) is 81.5 Å². The lowest BCUT2D eigenvalue weighted by Gasteiger charge is -2.13. The quantitative estimate of drug-likeness (QED) is 0.802. The van der Waals surface area contributed by atoms with Gasteiger partial charge >= 0.3 is 5.97 Å². The van der Waals surface area contributed by atoms with Crippen molar-refractivity contribution in [3.63, 3.8) is 0 Å². The van der Waals surface area contributed by atoms with Gasteiger partial charge in [0.05, 0.1) is 16.8 Å². The highest BCUT2D eigenvalue weighted by molar-refractivity contribution is 6.21. The Hall–Kier alpha value is -3.10. The van der Waals surface area contributed by atoms with E-state index in [2.05, 4.69) is 5.10 Å². The van der Waals surface area contributed by atoms with Gasteiger partial charge in [0.25, 0.3) is 18.2 Å². The number of carbonyl (C=O) groups is 3. The number of aromatic nitrogens is 2. The van der Waals surface area contributed by atoms with Crippen LogP contribution in [0.4, 0.5) is 8.78 Å². The number of halogens is 2. The normalized spacial score (nSPS) is 13.6. The molecule has 0 fully saturated rings. The molecule has 0 saturated carbocycles. The van der Waals surface area contributed by atoms with Crippen molar-refractivity contribution in [2.24, 2.45) is 7.05 Å². The lowest BCUT2D eigenvalue weighted by atomic mass is 10.1. The highest BCUT2D eigenvalue weighted by Gasteiger charge is 2.40. The van der Waals surface area contributed by atoms with Gasteiger partial charge in [0, 0.05) is 7.05 Å². The van der Waals surface area contributed by atoms with Crippen LogP contribution in [0, 0.1) is 6.92 Å². The van der Waals surface area contributed by atoms with Crippen LogP contribution in [0.2, 0.25) is 0 Å². The number of benzene rings is 1. The summed E-state index contributed by atoms with van der Waals surface area (Å²) in [5.74, 6) is -2.90. The van der Waals surface area contributed by atoms with Gasteiger partial charge in [-0.3, -0.25) is 14.3 Å². The molecular weight excluding hydrogens is 324 g/mol. The Kier molecular flexibility index (Phi) is 3.63. The third-order valence-electron chi connectivity index (χ3n) is 3.70. The van der Waals surface area contributed by atoms with Crippen LogP contribution >= 0.6 is 0 Å². The molecule has 3 rings (SSSR count). The molecule has 1 aromatic carbocycles. The summed E-state index contributed by atoms with van der Waals surface area (Å²) in [6.07, 6.45) is -3.00. The van der Waals surface area contributed by atoms with Gasteiger partial charge in [-0.25, -0.2) is 13.6 Å². The maximum absolute atomic E-state index is 13.0. The second-order valence-corrected chi connectivity index (χ2v) is 5.10. The number of hydrogen-bond acceptors (Lipinski definition) is 5. The molecule has 7 nitrogen and oxygen atoms in total. The summed E-state index contributed by atoms with van der Waals surface area (Å²) in [6, 6.07) is 5.91. The monoisotopic (exact) mass is 335 g/mol. The second-order valence-electron chi connectivity index (χ2n) is 5.10. The van der Waals surface area contributed by atoms with Gasteiger partial charge in [-0.15, -0.1) is 0 Å². The van der Waals surface area contributed by atoms with E-state index in [1.165, 1.54) is 26.1 Å². The smallest absolute Gasteiger partial charge is 0.324 e. The number of alkyl halides is 2. The van der Waals surface area contributed by atoms with Crippen molar-refractivity contribution in [2.75, 3.05) is 0 Å². The first-order valence-electron chi connectivity index (χ1n) is 6.84. The van der Waals surface area contributed by atoms with Crippen molar-refractivity contribution in [1.82, 2.24) is 14.8 Å². The molecule has 0 bridgehead atoms. The Labute approximate surface area is 134 Å². The van der Waals surface area contributed by atoms with Crippen molar-refractivity contribution in [3.8, 4) is 0 Å². The first-order valence-corrected chi connectivity index (χ1v) is 6.84. The summed E-state index contributed by atoms with van der Waals surface area (Å²) in [5.41, 5.74) is -0.952. The summed E-state index contributed by atoms with van der Waals surface area (Å²) in [5, 5.41) is 3.83. The minimum Gasteiger partial charge on any atom is -0.324 e. The Morgan fingerprint density at radius 2 is 1.71 bits per heavy atom. The van der Waals surface area contributed by atoms with Crippen molar-refractivity contribution in [1.29, 1.82) is 0 Å². The standard InChI is InChI=1S/C15H11F2N3O4/c1-7-10(11(12(16)17)18-19(7)2)15(23)24-20-13(21)8-5-3-4-6-9(8)14(20)22/h3-6,12H,1-2H3. The lowest BCUT2D eigenvalue weighted by Crippen LogP contribution is -2.33. The fourth-order valence-electron chi connectivity index (χ4n) is 2.42. The first kappa shape index (κ1) is 15.8. The molecule has 0 atom stereocenters. The van der Waals surface area contributed by atoms with Crippen molar-refractivity contribution >= 4 is 17.8 Å². The average Bonchev–Trinajstić information content (AvgIpc) is 2.98. The predicted octanol–water partition coefficient (Wildman–Crippen LogP) is 2.03. The maximum atomic E-state index is 13.0. The lowest BCUT2D eigenvalue weighted by molar-refractivity contribution is -0.0588. The van der Waals surface area contributed by atoms with Gasteiger partial charge < -0.3 is 4.84 Å². The Balaban J connectivity index is 1.93. The molecule has 1 aromatic heterocycles. The fraction of sp³-hybridized carbons (Fsp3) is 0.200. The van der Waals surface area contributed by atoms with Gasteiger partial charge in [0.1, 0.15) is 11.3 Å². The molecular formula is C15H11F2N3O4. The number of hydrogen-bond donors (Lipinski definition) is 0. The van der Waals surface area contributed by atoms with E-state index in [4.69, 9.17) is 4.84 Å². The Bertz CT molecular complexity index is 841. The fourth-order valence-corrected chi connectivity index (χ4v) is 2.42. The van der Waals surface area contributed by atoms with Crippen LogP contribution in [0.3, 0.4) is 0 Å². The van der Waals surface area contributed by atoms with Crippen molar-refractivity contribution < 1.29 is 28.0 Å². The zero-order chi connectivity index (χ0) is 17.6. The summed E-state index contributed by atoms with van der Waals surface area (Å²) in [6.45, 7) is 1.40. The highest BCUT2D eigenvalue weighted by atomic mass is 19.3. The molecule has 24 heavy (non-hydrogen) atoms. The van der Waals surface area contributed by atoms with E-state index in [0.29, 0.717) is 0 Å². The number of amides is 2. The predicted molar refractivity (Wildman–Crippen MR) is 75.3 cm³/mol. The summed E-state index contributed by atoms with van der Waals surface area (Å²) in [4.78, 5) is 41.3. The first-order chi connectivity index (χ1) is 11.3. The van der Waals surface area contributed by atoms with E-state index in [0.717, 1.165) is 4.68 Å². The minimum atomic E-state index is -3.00. The van der Waals surface area contributed by atoms with Crippen LogP contribution in [-0.4, -0.2) is 32.6 Å². The van der Waals surface area contributed by atoms with Crippen molar-refractivity contribution in [3.05, 3.63) is 52.3 Å². The molecule has 0 saturated heterocycles. The van der Waals surface area contributed by atoms with E-state index >= 15 is 0 Å². The largest absolute Gasteiger partial charge is 0.367 e. The average molecular weight is 335 g/mol. The molecule has 0 unspecified atom stereocenters. The number of nitrogens with zero attached hydrogens (tertiary/aromatic N) is 3. The summed E-state index contributed by atoms with van der Waals surface area (Å²) < 4.78 is 27.2. The zero-order valence-corrected chi connectivity index (χ0v) is 12.6. The van der Waals surface area contributed by atoms with Gasteiger partial charge in [-0.05, 0) is 19.1 Å². The van der Waals surface area contributed by atoms with Crippen LogP contribution < -0.4 is 0 Å². The number of aryl methyl sites for hydroxylation is 1. The highest BCUT2D eigenvalue weighted by Crippen LogP contribution is 2.27. The molecule has 2 aromatic rings. The van der Waals surface area contributed by atoms with Crippen LogP contribution in [0.1, 0.15) is 48.9 Å². The molecule has 1 aliphatic heterocycles. The third-order valence-corrected chi connectivity index (χ3v) is 3.70. The molecule has 9 heteroatoms. The SMILES string of the molecule is Cc1c(C(=O)ON2C(=O)c3ccccc3C2=O)c(C(F)F)nn1C. The Morgan fingerprint density at radius 3 is 2.21 bits per heavy atom. The number of fused-ring (bicyclic) bond motifs is 1. The van der Waals surface area contributed by atoms with Crippen LogP contribution in [0.15, 0.2) is 24.3 Å². The molecule has 2 amide bonds. The summed E-state index contributed by atoms with van der Waals surface area (Å²) in [7, 11) is 1.39. The number of carbonyl (C=O) groups excluding carboxylic acids is 3. The molecule has 0 aliphatic carbocycles. The van der Waals surface area contributed by atoms with Gasteiger partial charge in [-0.2, -0.15) is 5.10 Å². The van der Waals surface area contributed by atoms with Gasteiger partial charge in [0.2, 0.25) is 0 Å². The Morgan fingerprint density at radius 1 is 1.17 bits per heavy atom. The zero-order valence-electron chi connectivity index (χ0n) is 12.6. The van der Waals surface area contributed by atoms with Crippen LogP contribution in [0.5, 0.6) is 0 Å².